The molecule has 1 aromatic heterocycles. The zero-order valence-corrected chi connectivity index (χ0v) is 13.2. The monoisotopic (exact) mass is 315 g/mol. The molecule has 0 saturated carbocycles. The molecule has 0 radical (unpaired) electrons. The number of β-amino-alcohol motifs (C(OH)–C–C–N with tert-alkyl or cyclic N) is 1. The van der Waals surface area contributed by atoms with Gasteiger partial charge in [0.05, 0.1) is 6.54 Å². The highest BCUT2D eigenvalue weighted by molar-refractivity contribution is 6.17. The summed E-state index contributed by atoms with van der Waals surface area (Å²) < 4.78 is 5.24. The first kappa shape index (κ1) is 16.1. The number of aromatic nitrogens is 1. The SMILES string of the molecule is CC(C)N1CC(O)N(c2cc(CCCCCCl)on2)C1=O. The molecular weight excluding hydrogens is 294 g/mol. The number of urea groups is 1. The van der Waals surface area contributed by atoms with Gasteiger partial charge in [0.15, 0.2) is 12.0 Å². The number of rotatable bonds is 7. The molecule has 1 fully saturated rings. The molecule has 6 nitrogen and oxygen atoms in total. The van der Waals surface area contributed by atoms with Crippen LogP contribution < -0.4 is 4.90 Å². The molecule has 2 rings (SSSR count). The maximum Gasteiger partial charge on any atom is 0.328 e. The van der Waals surface area contributed by atoms with Crippen molar-refractivity contribution in [3.63, 3.8) is 0 Å². The van der Waals surface area contributed by atoms with Crippen LogP contribution in [0.2, 0.25) is 0 Å². The number of unbranched alkanes of at least 4 members (excludes halogenated alkanes) is 2. The summed E-state index contributed by atoms with van der Waals surface area (Å²) in [6.45, 7) is 4.12. The zero-order valence-electron chi connectivity index (χ0n) is 12.5. The zero-order chi connectivity index (χ0) is 15.4. The number of carbonyl (C=O) groups excluding carboxylic acids is 1. The number of amides is 2. The van der Waals surface area contributed by atoms with Gasteiger partial charge in [0.25, 0.3) is 0 Å². The van der Waals surface area contributed by atoms with Crippen molar-refractivity contribution < 1.29 is 14.4 Å². The predicted molar refractivity (Wildman–Crippen MR) is 80.5 cm³/mol. The summed E-state index contributed by atoms with van der Waals surface area (Å²) in [6, 6.07) is 1.53. The minimum absolute atomic E-state index is 0.0408. The maximum atomic E-state index is 12.3. The van der Waals surface area contributed by atoms with Crippen LogP contribution in [0.15, 0.2) is 10.6 Å². The van der Waals surface area contributed by atoms with Gasteiger partial charge in [-0.05, 0) is 26.7 Å². The van der Waals surface area contributed by atoms with Crippen molar-refractivity contribution in [2.24, 2.45) is 0 Å². The quantitative estimate of drug-likeness (QED) is 0.620. The summed E-state index contributed by atoms with van der Waals surface area (Å²) in [7, 11) is 0. The van der Waals surface area contributed by atoms with E-state index in [1.807, 2.05) is 13.8 Å². The molecule has 0 spiro atoms. The van der Waals surface area contributed by atoms with Crippen LogP contribution >= 0.6 is 11.6 Å². The smallest absolute Gasteiger partial charge is 0.328 e. The fourth-order valence-electron chi connectivity index (χ4n) is 2.39. The molecule has 1 unspecified atom stereocenters. The number of aliphatic hydroxyl groups excluding tert-OH is 1. The topological polar surface area (TPSA) is 69.8 Å². The lowest BCUT2D eigenvalue weighted by molar-refractivity contribution is 0.166. The highest BCUT2D eigenvalue weighted by Crippen LogP contribution is 2.25. The van der Waals surface area contributed by atoms with E-state index in [2.05, 4.69) is 5.16 Å². The standard InChI is InChI=1S/C14H22ClN3O3/c1-10(2)17-9-13(19)18(14(17)20)12-8-11(21-16-12)6-4-3-5-7-15/h8,10,13,19H,3-7,9H2,1-2H3. The molecule has 2 amide bonds. The van der Waals surface area contributed by atoms with Crippen LogP contribution in [0.3, 0.4) is 0 Å². The number of anilines is 1. The van der Waals surface area contributed by atoms with Crippen molar-refractivity contribution in [2.45, 2.75) is 51.8 Å². The van der Waals surface area contributed by atoms with Crippen molar-refractivity contribution in [3.05, 3.63) is 11.8 Å². The first-order chi connectivity index (χ1) is 10.0. The molecule has 0 aromatic carbocycles. The van der Waals surface area contributed by atoms with Gasteiger partial charge in [-0.2, -0.15) is 0 Å². The van der Waals surface area contributed by atoms with Gasteiger partial charge in [0.1, 0.15) is 5.76 Å². The van der Waals surface area contributed by atoms with Crippen molar-refractivity contribution in [2.75, 3.05) is 17.3 Å². The van der Waals surface area contributed by atoms with Gasteiger partial charge in [0.2, 0.25) is 0 Å². The maximum absolute atomic E-state index is 12.3. The summed E-state index contributed by atoms with van der Waals surface area (Å²) in [5, 5.41) is 14.0. The van der Waals surface area contributed by atoms with Gasteiger partial charge in [-0.15, -0.1) is 11.6 Å². The van der Waals surface area contributed by atoms with E-state index in [1.54, 1.807) is 11.0 Å². The van der Waals surface area contributed by atoms with Gasteiger partial charge in [0, 0.05) is 24.4 Å². The second kappa shape index (κ2) is 7.13. The lowest BCUT2D eigenvalue weighted by atomic mass is 10.2. The second-order valence-corrected chi connectivity index (χ2v) is 5.91. The number of aryl methyl sites for hydroxylation is 1. The van der Waals surface area contributed by atoms with E-state index in [1.165, 1.54) is 4.90 Å². The van der Waals surface area contributed by atoms with Crippen LogP contribution in [0.4, 0.5) is 10.6 Å². The van der Waals surface area contributed by atoms with Crippen LogP contribution in [0, 0.1) is 0 Å². The summed E-state index contributed by atoms with van der Waals surface area (Å²) in [4.78, 5) is 15.2. The molecule has 21 heavy (non-hydrogen) atoms. The molecule has 2 heterocycles. The highest BCUT2D eigenvalue weighted by atomic mass is 35.5. The fraction of sp³-hybridized carbons (Fsp3) is 0.714. The summed E-state index contributed by atoms with van der Waals surface area (Å²) >= 11 is 5.63. The first-order valence-corrected chi connectivity index (χ1v) is 7.87. The molecule has 0 bridgehead atoms. The Hall–Kier alpha value is -1.27. The number of hydrogen-bond acceptors (Lipinski definition) is 4. The van der Waals surface area contributed by atoms with Crippen LogP contribution in [0.1, 0.15) is 38.9 Å². The summed E-state index contributed by atoms with van der Waals surface area (Å²) in [5.74, 6) is 1.77. The molecule has 1 atom stereocenters. The van der Waals surface area contributed by atoms with Gasteiger partial charge in [-0.3, -0.25) is 0 Å². The van der Waals surface area contributed by atoms with Gasteiger partial charge >= 0.3 is 6.03 Å². The number of hydrogen-bond donors (Lipinski definition) is 1. The van der Waals surface area contributed by atoms with Gasteiger partial charge in [-0.1, -0.05) is 11.6 Å². The second-order valence-electron chi connectivity index (χ2n) is 5.53. The Labute approximate surface area is 129 Å². The minimum Gasteiger partial charge on any atom is -0.371 e. The van der Waals surface area contributed by atoms with E-state index < -0.39 is 6.23 Å². The number of halogens is 1. The largest absolute Gasteiger partial charge is 0.371 e. The minimum atomic E-state index is -0.880. The van der Waals surface area contributed by atoms with Crippen molar-refractivity contribution in [3.8, 4) is 0 Å². The van der Waals surface area contributed by atoms with Crippen molar-refractivity contribution >= 4 is 23.4 Å². The number of aliphatic hydroxyl groups is 1. The fourth-order valence-corrected chi connectivity index (χ4v) is 2.58. The van der Waals surface area contributed by atoms with Crippen LogP contribution in [0.5, 0.6) is 0 Å². The van der Waals surface area contributed by atoms with Crippen molar-refractivity contribution in [1.29, 1.82) is 0 Å². The molecule has 1 aliphatic rings. The predicted octanol–water partition coefficient (Wildman–Crippen LogP) is 2.60. The van der Waals surface area contributed by atoms with Crippen LogP contribution in [0.25, 0.3) is 0 Å². The molecule has 0 aliphatic carbocycles. The molecule has 1 N–H and O–H groups in total. The molecule has 1 aliphatic heterocycles. The van der Waals surface area contributed by atoms with E-state index in [9.17, 15) is 9.90 Å². The number of carbonyl (C=O) groups is 1. The highest BCUT2D eigenvalue weighted by Gasteiger charge is 2.39. The normalized spacial score (nSPS) is 19.1. The molecule has 1 aromatic rings. The lowest BCUT2D eigenvalue weighted by Gasteiger charge is -2.19. The lowest BCUT2D eigenvalue weighted by Crippen LogP contribution is -2.37. The van der Waals surface area contributed by atoms with E-state index in [0.717, 1.165) is 31.4 Å². The Morgan fingerprint density at radius 3 is 2.86 bits per heavy atom. The Kier molecular flexibility index (Phi) is 5.47. The third kappa shape index (κ3) is 3.68. The average molecular weight is 316 g/mol. The summed E-state index contributed by atoms with van der Waals surface area (Å²) in [6.07, 6.45) is 2.86. The van der Waals surface area contributed by atoms with Crippen molar-refractivity contribution in [1.82, 2.24) is 10.1 Å². The molecule has 7 heteroatoms. The van der Waals surface area contributed by atoms with Gasteiger partial charge in [-0.25, -0.2) is 9.69 Å². The number of alkyl halides is 1. The Balaban J connectivity index is 1.99. The average Bonchev–Trinajstić information content (AvgIpc) is 2.99. The molecule has 1 saturated heterocycles. The van der Waals surface area contributed by atoms with E-state index in [0.29, 0.717) is 11.7 Å². The molecular formula is C14H22ClN3O3. The van der Waals surface area contributed by atoms with Gasteiger partial charge < -0.3 is 14.5 Å². The Morgan fingerprint density at radius 1 is 1.48 bits per heavy atom. The Bertz CT molecular complexity index is 478. The third-order valence-electron chi connectivity index (χ3n) is 3.58. The van der Waals surface area contributed by atoms with E-state index in [-0.39, 0.29) is 18.6 Å². The van der Waals surface area contributed by atoms with Crippen LogP contribution in [-0.4, -0.2) is 45.9 Å². The molecule has 118 valence electrons. The first-order valence-electron chi connectivity index (χ1n) is 7.34. The van der Waals surface area contributed by atoms with E-state index >= 15 is 0 Å². The summed E-state index contributed by atoms with van der Waals surface area (Å²) in [5.41, 5.74) is 0. The Morgan fingerprint density at radius 2 is 2.24 bits per heavy atom. The number of nitrogens with zero attached hydrogens (tertiary/aromatic N) is 3. The third-order valence-corrected chi connectivity index (χ3v) is 3.85. The van der Waals surface area contributed by atoms with Crippen LogP contribution in [-0.2, 0) is 6.42 Å². The van der Waals surface area contributed by atoms with E-state index in [4.69, 9.17) is 16.1 Å².